The van der Waals surface area contributed by atoms with Gasteiger partial charge in [0.05, 0.1) is 12.5 Å². The molecule has 0 spiro atoms. The molecule has 0 radical (unpaired) electrons. The van der Waals surface area contributed by atoms with Gasteiger partial charge in [0.1, 0.15) is 5.75 Å². The molecule has 0 aliphatic heterocycles. The van der Waals surface area contributed by atoms with Crippen molar-refractivity contribution in [1.29, 1.82) is 0 Å². The molecule has 1 rings (SSSR count). The van der Waals surface area contributed by atoms with Crippen LogP contribution in [0.15, 0.2) is 36.9 Å². The summed E-state index contributed by atoms with van der Waals surface area (Å²) < 4.78 is 5.67. The Morgan fingerprint density at radius 3 is 2.67 bits per heavy atom. The molecular formula is C17H25NO3. The summed E-state index contributed by atoms with van der Waals surface area (Å²) in [6.45, 7) is 10.1. The number of nitrogens with zero attached hydrogens (tertiary/aromatic N) is 1. The van der Waals surface area contributed by atoms with Crippen LogP contribution in [0.2, 0.25) is 0 Å². The minimum Gasteiger partial charge on any atom is -0.494 e. The topological polar surface area (TPSA) is 49.8 Å². The van der Waals surface area contributed by atoms with E-state index in [0.29, 0.717) is 19.7 Å². The van der Waals surface area contributed by atoms with E-state index in [-0.39, 0.29) is 5.92 Å². The van der Waals surface area contributed by atoms with Crippen LogP contribution in [0.5, 0.6) is 5.75 Å². The smallest absolute Gasteiger partial charge is 0.307 e. The highest BCUT2D eigenvalue weighted by molar-refractivity contribution is 5.69. The van der Waals surface area contributed by atoms with Gasteiger partial charge < -0.3 is 9.84 Å². The van der Waals surface area contributed by atoms with Crippen LogP contribution in [-0.4, -0.2) is 42.2 Å². The summed E-state index contributed by atoms with van der Waals surface area (Å²) in [6, 6.07) is 7.97. The standard InChI is InChI=1S/C17H25NO3/c1-4-10-18(13-15(3)17(19)20)11-5-12-21-16-8-6-14(2)7-9-16/h4,6-9,15H,1,5,10-13H2,2-3H3,(H,19,20). The minimum atomic E-state index is -0.764. The summed E-state index contributed by atoms with van der Waals surface area (Å²) in [5, 5.41) is 8.96. The Balaban J connectivity index is 2.31. The molecule has 116 valence electrons. The number of ether oxygens (including phenoxy) is 1. The third kappa shape index (κ3) is 6.95. The van der Waals surface area contributed by atoms with E-state index in [1.54, 1.807) is 13.0 Å². The third-order valence-electron chi connectivity index (χ3n) is 3.25. The van der Waals surface area contributed by atoms with Crippen LogP contribution in [0, 0.1) is 12.8 Å². The van der Waals surface area contributed by atoms with Crippen molar-refractivity contribution in [3.63, 3.8) is 0 Å². The van der Waals surface area contributed by atoms with Gasteiger partial charge in [-0.1, -0.05) is 30.7 Å². The van der Waals surface area contributed by atoms with Gasteiger partial charge in [-0.05, 0) is 25.5 Å². The first-order valence-corrected chi connectivity index (χ1v) is 7.28. The molecule has 0 heterocycles. The Morgan fingerprint density at radius 2 is 2.10 bits per heavy atom. The molecule has 4 heteroatoms. The normalized spacial score (nSPS) is 12.1. The quantitative estimate of drug-likeness (QED) is 0.532. The van der Waals surface area contributed by atoms with Crippen molar-refractivity contribution in [2.75, 3.05) is 26.2 Å². The number of carboxylic acids is 1. The molecule has 0 aliphatic carbocycles. The number of carboxylic acid groups (broad SMARTS) is 1. The zero-order valence-corrected chi connectivity index (χ0v) is 12.9. The lowest BCUT2D eigenvalue weighted by molar-refractivity contribution is -0.141. The van der Waals surface area contributed by atoms with Gasteiger partial charge in [-0.15, -0.1) is 6.58 Å². The van der Waals surface area contributed by atoms with Crippen molar-refractivity contribution in [2.45, 2.75) is 20.3 Å². The van der Waals surface area contributed by atoms with Gasteiger partial charge in [0.2, 0.25) is 0 Å². The van der Waals surface area contributed by atoms with Gasteiger partial charge in [-0.3, -0.25) is 9.69 Å². The van der Waals surface area contributed by atoms with Crippen LogP contribution >= 0.6 is 0 Å². The van der Waals surface area contributed by atoms with Crippen LogP contribution < -0.4 is 4.74 Å². The van der Waals surface area contributed by atoms with Crippen LogP contribution in [0.1, 0.15) is 18.9 Å². The van der Waals surface area contributed by atoms with Crippen molar-refractivity contribution >= 4 is 5.97 Å². The molecule has 1 N–H and O–H groups in total. The number of rotatable bonds is 10. The van der Waals surface area contributed by atoms with Crippen LogP contribution in [0.4, 0.5) is 0 Å². The Bertz CT molecular complexity index is 442. The summed E-state index contributed by atoms with van der Waals surface area (Å²) >= 11 is 0. The van der Waals surface area contributed by atoms with E-state index in [2.05, 4.69) is 11.5 Å². The fourth-order valence-electron chi connectivity index (χ4n) is 2.02. The lowest BCUT2D eigenvalue weighted by Gasteiger charge is -2.22. The molecule has 1 aromatic rings. The molecule has 0 bridgehead atoms. The number of hydrogen-bond acceptors (Lipinski definition) is 3. The fraction of sp³-hybridized carbons (Fsp3) is 0.471. The highest BCUT2D eigenvalue weighted by Gasteiger charge is 2.14. The van der Waals surface area contributed by atoms with Gasteiger partial charge in [0, 0.05) is 19.6 Å². The summed E-state index contributed by atoms with van der Waals surface area (Å²) in [5.41, 5.74) is 1.21. The maximum Gasteiger partial charge on any atom is 0.307 e. The Kier molecular flexibility index (Phi) is 7.54. The molecule has 21 heavy (non-hydrogen) atoms. The average Bonchev–Trinajstić information content (AvgIpc) is 2.45. The zero-order valence-electron chi connectivity index (χ0n) is 12.9. The van der Waals surface area contributed by atoms with Gasteiger partial charge >= 0.3 is 5.97 Å². The first-order valence-electron chi connectivity index (χ1n) is 7.28. The second-order valence-electron chi connectivity index (χ2n) is 5.30. The van der Waals surface area contributed by atoms with E-state index in [4.69, 9.17) is 9.84 Å². The molecule has 1 aromatic carbocycles. The highest BCUT2D eigenvalue weighted by Crippen LogP contribution is 2.11. The Labute approximate surface area is 127 Å². The van der Waals surface area contributed by atoms with Crippen molar-refractivity contribution in [1.82, 2.24) is 4.90 Å². The summed E-state index contributed by atoms with van der Waals surface area (Å²) in [6.07, 6.45) is 2.66. The molecule has 4 nitrogen and oxygen atoms in total. The van der Waals surface area contributed by atoms with Crippen molar-refractivity contribution < 1.29 is 14.6 Å². The van der Waals surface area contributed by atoms with E-state index < -0.39 is 5.97 Å². The minimum absolute atomic E-state index is 0.372. The van der Waals surface area contributed by atoms with Gasteiger partial charge in [0.25, 0.3) is 0 Å². The summed E-state index contributed by atoms with van der Waals surface area (Å²) in [4.78, 5) is 13.0. The number of aryl methyl sites for hydroxylation is 1. The van der Waals surface area contributed by atoms with Crippen molar-refractivity contribution in [2.24, 2.45) is 5.92 Å². The predicted molar refractivity (Wildman–Crippen MR) is 84.7 cm³/mol. The zero-order chi connectivity index (χ0) is 15.7. The summed E-state index contributed by atoms with van der Waals surface area (Å²) in [7, 11) is 0. The second kappa shape index (κ2) is 9.19. The molecule has 0 saturated heterocycles. The van der Waals surface area contributed by atoms with E-state index in [9.17, 15) is 4.79 Å². The number of benzene rings is 1. The Morgan fingerprint density at radius 1 is 1.43 bits per heavy atom. The molecule has 0 aliphatic rings. The van der Waals surface area contributed by atoms with Crippen molar-refractivity contribution in [3.8, 4) is 5.75 Å². The van der Waals surface area contributed by atoms with Crippen LogP contribution in [0.25, 0.3) is 0 Å². The predicted octanol–water partition coefficient (Wildman–Crippen LogP) is 2.97. The molecular weight excluding hydrogens is 266 g/mol. The monoisotopic (exact) mass is 291 g/mol. The molecule has 0 aromatic heterocycles. The maximum atomic E-state index is 10.9. The largest absolute Gasteiger partial charge is 0.494 e. The van der Waals surface area contributed by atoms with E-state index in [1.165, 1.54) is 5.56 Å². The molecule has 0 saturated carbocycles. The van der Waals surface area contributed by atoms with Gasteiger partial charge in [-0.25, -0.2) is 0 Å². The average molecular weight is 291 g/mol. The Hall–Kier alpha value is -1.81. The van der Waals surface area contributed by atoms with Gasteiger partial charge in [-0.2, -0.15) is 0 Å². The number of carbonyl (C=O) groups is 1. The maximum absolute atomic E-state index is 10.9. The van der Waals surface area contributed by atoms with E-state index in [0.717, 1.165) is 18.7 Å². The first-order chi connectivity index (χ1) is 10.0. The molecule has 1 unspecified atom stereocenters. The molecule has 1 atom stereocenters. The molecule has 0 amide bonds. The first kappa shape index (κ1) is 17.2. The fourth-order valence-corrected chi connectivity index (χ4v) is 2.02. The number of aliphatic carboxylic acids is 1. The van der Waals surface area contributed by atoms with Crippen LogP contribution in [0.3, 0.4) is 0 Å². The van der Waals surface area contributed by atoms with Crippen molar-refractivity contribution in [3.05, 3.63) is 42.5 Å². The molecule has 0 fully saturated rings. The highest BCUT2D eigenvalue weighted by atomic mass is 16.5. The SMILES string of the molecule is C=CCN(CCCOc1ccc(C)cc1)CC(C)C(=O)O. The summed E-state index contributed by atoms with van der Waals surface area (Å²) in [5.74, 6) is -0.266. The lowest BCUT2D eigenvalue weighted by atomic mass is 10.1. The lowest BCUT2D eigenvalue weighted by Crippen LogP contribution is -2.33. The number of hydrogen-bond donors (Lipinski definition) is 1. The van der Waals surface area contributed by atoms with Gasteiger partial charge in [0.15, 0.2) is 0 Å². The third-order valence-corrected chi connectivity index (χ3v) is 3.25. The van der Waals surface area contributed by atoms with E-state index in [1.807, 2.05) is 31.2 Å². The van der Waals surface area contributed by atoms with Crippen LogP contribution in [-0.2, 0) is 4.79 Å². The second-order valence-corrected chi connectivity index (χ2v) is 5.30. The van der Waals surface area contributed by atoms with E-state index >= 15 is 0 Å².